The molecule has 1 fully saturated rings. The molecule has 2 N–H and O–H groups in total. The number of methoxy groups -OCH3 is 1. The van der Waals surface area contributed by atoms with Crippen molar-refractivity contribution in [3.8, 4) is 5.75 Å². The summed E-state index contributed by atoms with van der Waals surface area (Å²) in [5.41, 5.74) is 0.00327. The van der Waals surface area contributed by atoms with Gasteiger partial charge in [0.2, 0.25) is 10.0 Å². The summed E-state index contributed by atoms with van der Waals surface area (Å²) < 4.78 is 38.4. The summed E-state index contributed by atoms with van der Waals surface area (Å²) in [5.74, 6) is -0.207. The summed E-state index contributed by atoms with van der Waals surface area (Å²) in [6.07, 6.45) is 1.91. The van der Waals surface area contributed by atoms with E-state index in [2.05, 4.69) is 10.6 Å². The van der Waals surface area contributed by atoms with Crippen LogP contribution in [0.25, 0.3) is 0 Å². The van der Waals surface area contributed by atoms with Gasteiger partial charge in [0.05, 0.1) is 23.3 Å². The minimum atomic E-state index is -3.80. The topological polar surface area (TPSA) is 114 Å². The molecule has 3 rings (SSSR count). The van der Waals surface area contributed by atoms with Crippen LogP contribution in [0.3, 0.4) is 0 Å². The number of sulfonamides is 1. The van der Waals surface area contributed by atoms with Crippen molar-refractivity contribution < 1.29 is 27.5 Å². The Balaban J connectivity index is 1.84. The van der Waals surface area contributed by atoms with Gasteiger partial charge in [-0.1, -0.05) is 18.6 Å². The molecule has 34 heavy (non-hydrogen) atoms. The molecule has 1 aliphatic rings. The summed E-state index contributed by atoms with van der Waals surface area (Å²) in [5, 5.41) is 5.33. The third-order valence-corrected chi connectivity index (χ3v) is 7.11. The van der Waals surface area contributed by atoms with Gasteiger partial charge in [-0.15, -0.1) is 0 Å². The van der Waals surface area contributed by atoms with Crippen LogP contribution in [0, 0.1) is 0 Å². The fraction of sp³-hybridized carbons (Fsp3) is 0.417. The molecule has 9 nitrogen and oxygen atoms in total. The molecule has 0 aromatic heterocycles. The summed E-state index contributed by atoms with van der Waals surface area (Å²) >= 11 is 0. The highest BCUT2D eigenvalue weighted by Gasteiger charge is 2.30. The molecule has 0 saturated carbocycles. The van der Waals surface area contributed by atoms with Crippen molar-refractivity contribution in [3.63, 3.8) is 0 Å². The molecule has 0 bridgehead atoms. The Morgan fingerprint density at radius 3 is 2.29 bits per heavy atom. The Labute approximate surface area is 200 Å². The minimum Gasteiger partial charge on any atom is -0.495 e. The third kappa shape index (κ3) is 6.27. The number of benzene rings is 2. The van der Waals surface area contributed by atoms with Crippen LogP contribution in [-0.4, -0.2) is 50.5 Å². The Morgan fingerprint density at radius 1 is 0.971 bits per heavy atom. The number of anilines is 2. The number of piperidine rings is 1. The number of nitrogens with zero attached hydrogens (tertiary/aromatic N) is 1. The standard InChI is InChI=1S/C24H31N3O6S/c1-24(2,3)33-23(29)26-19-16-17(12-13-20(19)32-4)25-22(28)18-10-6-7-11-21(18)34(30,31)27-14-8-5-9-15-27/h6-7,10-13,16H,5,8-9,14-15H2,1-4H3,(H,25,28)(H,26,29). The van der Waals surface area contributed by atoms with Crippen LogP contribution in [0.4, 0.5) is 16.2 Å². The Hall–Kier alpha value is -3.11. The fourth-order valence-electron chi connectivity index (χ4n) is 3.62. The number of hydrogen-bond acceptors (Lipinski definition) is 6. The van der Waals surface area contributed by atoms with E-state index in [-0.39, 0.29) is 10.5 Å². The van der Waals surface area contributed by atoms with E-state index in [0.717, 1.165) is 19.3 Å². The number of ether oxygens (including phenoxy) is 2. The van der Waals surface area contributed by atoms with Gasteiger partial charge < -0.3 is 14.8 Å². The predicted octanol–water partition coefficient (Wildman–Crippen LogP) is 4.47. The van der Waals surface area contributed by atoms with Crippen LogP contribution in [0.2, 0.25) is 0 Å². The van der Waals surface area contributed by atoms with Crippen molar-refractivity contribution in [1.82, 2.24) is 4.31 Å². The number of carbonyl (C=O) groups is 2. The lowest BCUT2D eigenvalue weighted by atomic mass is 10.2. The third-order valence-electron chi connectivity index (χ3n) is 5.16. The van der Waals surface area contributed by atoms with Crippen LogP contribution in [-0.2, 0) is 14.8 Å². The number of nitrogens with one attached hydrogen (secondary N) is 2. The maximum absolute atomic E-state index is 13.2. The van der Waals surface area contributed by atoms with E-state index in [1.807, 2.05) is 0 Å². The molecule has 0 unspecified atom stereocenters. The molecule has 1 saturated heterocycles. The van der Waals surface area contributed by atoms with Gasteiger partial charge in [-0.2, -0.15) is 4.31 Å². The van der Waals surface area contributed by atoms with E-state index in [1.165, 1.54) is 29.6 Å². The van der Waals surface area contributed by atoms with E-state index in [1.54, 1.807) is 45.0 Å². The van der Waals surface area contributed by atoms with Crippen molar-refractivity contribution in [3.05, 3.63) is 48.0 Å². The van der Waals surface area contributed by atoms with Gasteiger partial charge in [-0.3, -0.25) is 10.1 Å². The van der Waals surface area contributed by atoms with Crippen LogP contribution in [0.5, 0.6) is 5.75 Å². The molecule has 2 aromatic carbocycles. The zero-order valence-corrected chi connectivity index (χ0v) is 20.7. The molecule has 0 aliphatic carbocycles. The monoisotopic (exact) mass is 489 g/mol. The molecule has 0 atom stereocenters. The van der Waals surface area contributed by atoms with Crippen LogP contribution >= 0.6 is 0 Å². The van der Waals surface area contributed by atoms with Gasteiger partial charge in [-0.25, -0.2) is 13.2 Å². The quantitative estimate of drug-likeness (QED) is 0.619. The Bertz CT molecular complexity index is 1150. The van der Waals surface area contributed by atoms with E-state index in [0.29, 0.717) is 30.2 Å². The van der Waals surface area contributed by atoms with Crippen molar-refractivity contribution in [2.45, 2.75) is 50.5 Å². The van der Waals surface area contributed by atoms with Gasteiger partial charge >= 0.3 is 6.09 Å². The Kier molecular flexibility index (Phi) is 7.83. The second kappa shape index (κ2) is 10.4. The molecule has 0 spiro atoms. The molecule has 2 amide bonds. The number of hydrogen-bond donors (Lipinski definition) is 2. The molecule has 184 valence electrons. The molecule has 0 radical (unpaired) electrons. The first-order valence-electron chi connectivity index (χ1n) is 11.1. The van der Waals surface area contributed by atoms with Crippen molar-refractivity contribution in [1.29, 1.82) is 0 Å². The lowest BCUT2D eigenvalue weighted by Gasteiger charge is -2.26. The van der Waals surface area contributed by atoms with Crippen molar-refractivity contribution in [2.24, 2.45) is 0 Å². The first kappa shape index (κ1) is 25.5. The second-order valence-electron chi connectivity index (χ2n) is 8.96. The van der Waals surface area contributed by atoms with Crippen molar-refractivity contribution in [2.75, 3.05) is 30.8 Å². The molecule has 10 heteroatoms. The largest absolute Gasteiger partial charge is 0.495 e. The maximum Gasteiger partial charge on any atom is 0.412 e. The maximum atomic E-state index is 13.2. The lowest BCUT2D eigenvalue weighted by Crippen LogP contribution is -2.36. The normalized spacial score (nSPS) is 14.8. The van der Waals surface area contributed by atoms with E-state index >= 15 is 0 Å². The van der Waals surface area contributed by atoms with Crippen LogP contribution < -0.4 is 15.4 Å². The van der Waals surface area contributed by atoms with Gasteiger partial charge in [-0.05, 0) is 63.9 Å². The first-order valence-corrected chi connectivity index (χ1v) is 12.5. The Morgan fingerprint density at radius 2 is 1.65 bits per heavy atom. The number of amides is 2. The highest BCUT2D eigenvalue weighted by atomic mass is 32.2. The zero-order chi connectivity index (χ0) is 24.9. The van der Waals surface area contributed by atoms with Crippen LogP contribution in [0.15, 0.2) is 47.4 Å². The van der Waals surface area contributed by atoms with Gasteiger partial charge in [0.1, 0.15) is 11.4 Å². The average molecular weight is 490 g/mol. The number of rotatable bonds is 6. The van der Waals surface area contributed by atoms with Gasteiger partial charge in [0, 0.05) is 18.8 Å². The van der Waals surface area contributed by atoms with Gasteiger partial charge in [0.15, 0.2) is 0 Å². The van der Waals surface area contributed by atoms with Crippen LogP contribution in [0.1, 0.15) is 50.4 Å². The molecular formula is C24H31N3O6S. The molecule has 1 aliphatic heterocycles. The van der Waals surface area contributed by atoms with Gasteiger partial charge in [0.25, 0.3) is 5.91 Å². The lowest BCUT2D eigenvalue weighted by molar-refractivity contribution is 0.0635. The molecule has 1 heterocycles. The van der Waals surface area contributed by atoms with E-state index in [9.17, 15) is 18.0 Å². The SMILES string of the molecule is COc1ccc(NC(=O)c2ccccc2S(=O)(=O)N2CCCCC2)cc1NC(=O)OC(C)(C)C. The molecule has 2 aromatic rings. The summed E-state index contributed by atoms with van der Waals surface area (Å²) in [7, 11) is -2.35. The van der Waals surface area contributed by atoms with E-state index < -0.39 is 27.6 Å². The van der Waals surface area contributed by atoms with E-state index in [4.69, 9.17) is 9.47 Å². The minimum absolute atomic E-state index is 0.0324. The summed E-state index contributed by atoms with van der Waals surface area (Å²) in [6.45, 7) is 6.12. The summed E-state index contributed by atoms with van der Waals surface area (Å²) in [6, 6.07) is 10.8. The zero-order valence-electron chi connectivity index (χ0n) is 19.9. The number of carbonyl (C=O) groups excluding carboxylic acids is 2. The highest BCUT2D eigenvalue weighted by Crippen LogP contribution is 2.30. The smallest absolute Gasteiger partial charge is 0.412 e. The fourth-order valence-corrected chi connectivity index (χ4v) is 5.33. The first-order chi connectivity index (χ1) is 16.0. The summed E-state index contributed by atoms with van der Waals surface area (Å²) in [4.78, 5) is 25.3. The second-order valence-corrected chi connectivity index (χ2v) is 10.9. The molecular weight excluding hydrogens is 458 g/mol. The van der Waals surface area contributed by atoms with Crippen molar-refractivity contribution >= 4 is 33.4 Å². The highest BCUT2D eigenvalue weighted by molar-refractivity contribution is 7.89. The average Bonchev–Trinajstić information content (AvgIpc) is 2.78. The predicted molar refractivity (Wildman–Crippen MR) is 130 cm³/mol.